The lowest BCUT2D eigenvalue weighted by molar-refractivity contribution is -0.133. The van der Waals surface area contributed by atoms with Crippen molar-refractivity contribution in [3.63, 3.8) is 0 Å². The molecule has 0 aromatic heterocycles. The Morgan fingerprint density at radius 3 is 2.74 bits per heavy atom. The van der Waals surface area contributed by atoms with Gasteiger partial charge in [0.1, 0.15) is 6.61 Å². The van der Waals surface area contributed by atoms with Gasteiger partial charge in [0.15, 0.2) is 0 Å². The van der Waals surface area contributed by atoms with Crippen LogP contribution in [0.5, 0.6) is 0 Å². The summed E-state index contributed by atoms with van der Waals surface area (Å²) < 4.78 is 5.46. The Kier molecular flexibility index (Phi) is 7.12. The number of likely N-dealkylation sites (N-methyl/N-ethyl adjacent to an activating group) is 1. The molecule has 0 spiro atoms. The Morgan fingerprint density at radius 1 is 1.30 bits per heavy atom. The molecule has 0 heterocycles. The number of nitrogens with zero attached hydrogens (tertiary/aromatic N) is 1. The molecule has 0 aliphatic heterocycles. The van der Waals surface area contributed by atoms with Crippen molar-refractivity contribution < 1.29 is 19.7 Å². The van der Waals surface area contributed by atoms with Crippen LogP contribution in [0.2, 0.25) is 0 Å². The summed E-state index contributed by atoms with van der Waals surface area (Å²) in [5.41, 5.74) is 1.38. The molecule has 3 aliphatic carbocycles. The molecule has 3 saturated carbocycles. The minimum absolute atomic E-state index is 0.0224. The van der Waals surface area contributed by atoms with Crippen LogP contribution in [-0.4, -0.2) is 60.5 Å². The molecule has 0 aromatic rings. The quantitative estimate of drug-likeness (QED) is 0.528. The number of fused-ring (bicyclic) bond motifs is 1. The minimum atomic E-state index is -0.363. The van der Waals surface area contributed by atoms with Crippen molar-refractivity contribution in [1.29, 1.82) is 0 Å². The molecule has 1 amide bonds. The van der Waals surface area contributed by atoms with Crippen LogP contribution < -0.4 is 0 Å². The van der Waals surface area contributed by atoms with Crippen molar-refractivity contribution in [3.05, 3.63) is 23.8 Å². The van der Waals surface area contributed by atoms with Crippen LogP contribution in [0.15, 0.2) is 23.8 Å². The molecule has 5 nitrogen and oxygen atoms in total. The molecule has 152 valence electrons. The summed E-state index contributed by atoms with van der Waals surface area (Å²) in [6.07, 6.45) is 13.0. The van der Waals surface area contributed by atoms with E-state index in [-0.39, 0.29) is 30.6 Å². The summed E-state index contributed by atoms with van der Waals surface area (Å²) in [7, 11) is 3.45. The zero-order valence-electron chi connectivity index (χ0n) is 16.7. The van der Waals surface area contributed by atoms with Gasteiger partial charge >= 0.3 is 0 Å². The Bertz CT molecular complexity index is 565. The lowest BCUT2D eigenvalue weighted by Gasteiger charge is -2.19. The number of aliphatic hydroxyl groups is 2. The van der Waals surface area contributed by atoms with Gasteiger partial charge < -0.3 is 19.8 Å². The molecular formula is C22H35NO4. The molecule has 5 atom stereocenters. The highest BCUT2D eigenvalue weighted by atomic mass is 16.5. The van der Waals surface area contributed by atoms with Crippen molar-refractivity contribution in [2.45, 2.75) is 57.2 Å². The van der Waals surface area contributed by atoms with Gasteiger partial charge in [0.2, 0.25) is 5.91 Å². The van der Waals surface area contributed by atoms with Crippen molar-refractivity contribution in [1.82, 2.24) is 4.90 Å². The Labute approximate surface area is 163 Å². The van der Waals surface area contributed by atoms with E-state index >= 15 is 0 Å². The first-order valence-electron chi connectivity index (χ1n) is 10.5. The number of amides is 1. The van der Waals surface area contributed by atoms with Gasteiger partial charge in [-0.25, -0.2) is 0 Å². The average molecular weight is 378 g/mol. The van der Waals surface area contributed by atoms with E-state index in [1.54, 1.807) is 14.1 Å². The highest BCUT2D eigenvalue weighted by molar-refractivity contribution is 5.76. The average Bonchev–Trinajstić information content (AvgIpc) is 3.33. The highest BCUT2D eigenvalue weighted by Gasteiger charge is 2.45. The van der Waals surface area contributed by atoms with E-state index < -0.39 is 0 Å². The van der Waals surface area contributed by atoms with Crippen molar-refractivity contribution >= 4 is 5.91 Å². The summed E-state index contributed by atoms with van der Waals surface area (Å²) in [6.45, 7) is 0.588. The van der Waals surface area contributed by atoms with Gasteiger partial charge in [-0.15, -0.1) is 0 Å². The molecule has 3 rings (SSSR count). The molecule has 0 radical (unpaired) electrons. The Morgan fingerprint density at radius 2 is 2.04 bits per heavy atom. The first-order valence-corrected chi connectivity index (χ1v) is 10.5. The van der Waals surface area contributed by atoms with E-state index in [0.717, 1.165) is 32.1 Å². The topological polar surface area (TPSA) is 70.0 Å². The standard InChI is InChI=1S/C22H35NO4/c1-23(2)22(26)14-27-10-9-15-11-17-13-21(25)18(19(17)12-15)7-8-20(24)16-5-3-4-6-16/h7-9,16-21,24-25H,3-6,10-14H2,1-2H3/b8-7+,15-9+/t17-,18+,19-,20+,21+/m0/s1. The third-order valence-electron chi connectivity index (χ3n) is 6.74. The molecule has 5 heteroatoms. The summed E-state index contributed by atoms with van der Waals surface area (Å²) in [6, 6.07) is 0. The molecule has 3 fully saturated rings. The fraction of sp³-hybridized carbons (Fsp3) is 0.773. The van der Waals surface area contributed by atoms with E-state index in [9.17, 15) is 15.0 Å². The fourth-order valence-electron chi connectivity index (χ4n) is 5.09. The van der Waals surface area contributed by atoms with E-state index in [1.165, 1.54) is 23.3 Å². The SMILES string of the molecule is CN(C)C(=O)COC/C=C1\C[C@H]2C[C@@H](O)[C@H](/C=C/[C@@H](O)C3CCCC3)[C@H]2C1. The molecule has 3 aliphatic rings. The lowest BCUT2D eigenvalue weighted by atomic mass is 9.89. The summed E-state index contributed by atoms with van der Waals surface area (Å²) in [5.74, 6) is 1.50. The smallest absolute Gasteiger partial charge is 0.248 e. The molecule has 0 unspecified atom stereocenters. The largest absolute Gasteiger partial charge is 0.392 e. The number of ether oxygens (including phenoxy) is 1. The van der Waals surface area contributed by atoms with Crippen molar-refractivity contribution in [2.75, 3.05) is 27.3 Å². The van der Waals surface area contributed by atoms with Gasteiger partial charge in [0.25, 0.3) is 0 Å². The van der Waals surface area contributed by atoms with Crippen LogP contribution in [0, 0.1) is 23.7 Å². The number of carbonyl (C=O) groups excluding carboxylic acids is 1. The summed E-state index contributed by atoms with van der Waals surface area (Å²) >= 11 is 0. The van der Waals surface area contributed by atoms with Gasteiger partial charge in [-0.2, -0.15) is 0 Å². The fourth-order valence-corrected chi connectivity index (χ4v) is 5.09. The first-order chi connectivity index (χ1) is 13.0. The second kappa shape index (κ2) is 9.35. The van der Waals surface area contributed by atoms with Crippen LogP contribution in [0.1, 0.15) is 44.9 Å². The minimum Gasteiger partial charge on any atom is -0.392 e. The van der Waals surface area contributed by atoms with E-state index in [1.807, 2.05) is 6.08 Å². The second-order valence-corrected chi connectivity index (χ2v) is 8.80. The van der Waals surface area contributed by atoms with Crippen LogP contribution in [0.4, 0.5) is 0 Å². The van der Waals surface area contributed by atoms with Crippen molar-refractivity contribution in [2.24, 2.45) is 23.7 Å². The zero-order valence-corrected chi connectivity index (χ0v) is 16.7. The number of carbonyl (C=O) groups is 1. The predicted octanol–water partition coefficient (Wildman–Crippen LogP) is 2.53. The van der Waals surface area contributed by atoms with Crippen LogP contribution >= 0.6 is 0 Å². The second-order valence-electron chi connectivity index (χ2n) is 8.80. The maximum absolute atomic E-state index is 11.5. The maximum Gasteiger partial charge on any atom is 0.248 e. The molecule has 0 aromatic carbocycles. The Balaban J connectivity index is 1.49. The van der Waals surface area contributed by atoms with Gasteiger partial charge in [-0.05, 0) is 49.9 Å². The van der Waals surface area contributed by atoms with Gasteiger partial charge in [-0.1, -0.05) is 36.6 Å². The summed E-state index contributed by atoms with van der Waals surface area (Å²) in [5, 5.41) is 20.9. The zero-order chi connectivity index (χ0) is 19.4. The molecule has 27 heavy (non-hydrogen) atoms. The van der Waals surface area contributed by atoms with Gasteiger partial charge in [0, 0.05) is 20.0 Å². The van der Waals surface area contributed by atoms with Crippen LogP contribution in [0.3, 0.4) is 0 Å². The van der Waals surface area contributed by atoms with Gasteiger partial charge in [-0.3, -0.25) is 4.79 Å². The van der Waals surface area contributed by atoms with Crippen molar-refractivity contribution in [3.8, 4) is 0 Å². The third kappa shape index (κ3) is 5.21. The summed E-state index contributed by atoms with van der Waals surface area (Å²) in [4.78, 5) is 13.1. The number of allylic oxidation sites excluding steroid dienone is 1. The number of aliphatic hydroxyl groups excluding tert-OH is 2. The maximum atomic E-state index is 11.5. The van der Waals surface area contributed by atoms with E-state index in [2.05, 4.69) is 12.2 Å². The van der Waals surface area contributed by atoms with Crippen LogP contribution in [-0.2, 0) is 9.53 Å². The lowest BCUT2D eigenvalue weighted by Crippen LogP contribution is -2.26. The number of hydrogen-bond donors (Lipinski definition) is 2. The first kappa shape index (κ1) is 20.6. The molecule has 0 bridgehead atoms. The number of hydrogen-bond acceptors (Lipinski definition) is 4. The Hall–Kier alpha value is -1.17. The number of rotatable bonds is 7. The molecular weight excluding hydrogens is 342 g/mol. The highest BCUT2D eigenvalue weighted by Crippen LogP contribution is 2.50. The van der Waals surface area contributed by atoms with E-state index in [0.29, 0.717) is 24.4 Å². The van der Waals surface area contributed by atoms with Crippen LogP contribution in [0.25, 0.3) is 0 Å². The predicted molar refractivity (Wildman–Crippen MR) is 105 cm³/mol. The third-order valence-corrected chi connectivity index (χ3v) is 6.74. The van der Waals surface area contributed by atoms with E-state index in [4.69, 9.17) is 4.74 Å². The molecule has 2 N–H and O–H groups in total. The van der Waals surface area contributed by atoms with Gasteiger partial charge in [0.05, 0.1) is 18.8 Å². The normalized spacial score (nSPS) is 33.9. The monoisotopic (exact) mass is 377 g/mol. The molecule has 0 saturated heterocycles.